The third-order valence-corrected chi connectivity index (χ3v) is 6.59. The van der Waals surface area contributed by atoms with Crippen molar-refractivity contribution < 1.29 is 4.79 Å². The van der Waals surface area contributed by atoms with Crippen LogP contribution in [0.5, 0.6) is 0 Å². The Morgan fingerprint density at radius 2 is 1.83 bits per heavy atom. The molecule has 6 heteroatoms. The van der Waals surface area contributed by atoms with Crippen LogP contribution in [0.25, 0.3) is 0 Å². The fourth-order valence-corrected chi connectivity index (χ4v) is 4.67. The van der Waals surface area contributed by atoms with Crippen LogP contribution in [0.15, 0.2) is 59.8 Å². The van der Waals surface area contributed by atoms with E-state index < -0.39 is 0 Å². The topological polar surface area (TPSA) is 51.0 Å². The molecule has 2 heterocycles. The average molecular weight is 407 g/mol. The molecular formula is C23H26N4OS. The molecule has 29 heavy (non-hydrogen) atoms. The van der Waals surface area contributed by atoms with E-state index in [0.717, 1.165) is 48.1 Å². The van der Waals surface area contributed by atoms with Crippen molar-refractivity contribution in [1.82, 2.24) is 19.7 Å². The van der Waals surface area contributed by atoms with Crippen LogP contribution in [0.1, 0.15) is 53.1 Å². The summed E-state index contributed by atoms with van der Waals surface area (Å²) in [5.74, 6) is 1.80. The lowest BCUT2D eigenvalue weighted by Gasteiger charge is -2.24. The first kappa shape index (κ1) is 19.7. The van der Waals surface area contributed by atoms with E-state index in [9.17, 15) is 4.79 Å². The molecule has 0 radical (unpaired) electrons. The molecule has 1 aliphatic rings. The van der Waals surface area contributed by atoms with Crippen LogP contribution in [0.4, 0.5) is 0 Å². The second-order valence-corrected chi connectivity index (χ2v) is 8.32. The van der Waals surface area contributed by atoms with E-state index in [-0.39, 0.29) is 11.9 Å². The van der Waals surface area contributed by atoms with E-state index in [1.54, 1.807) is 11.8 Å². The maximum atomic E-state index is 13.1. The van der Waals surface area contributed by atoms with Crippen LogP contribution in [0.2, 0.25) is 0 Å². The highest BCUT2D eigenvalue weighted by Crippen LogP contribution is 2.33. The Labute approximate surface area is 176 Å². The van der Waals surface area contributed by atoms with Gasteiger partial charge in [0.05, 0.1) is 6.04 Å². The van der Waals surface area contributed by atoms with Gasteiger partial charge in [0.25, 0.3) is 5.91 Å². The van der Waals surface area contributed by atoms with Crippen LogP contribution in [0, 0.1) is 0 Å². The number of likely N-dealkylation sites (tertiary alicyclic amines) is 1. The zero-order chi connectivity index (χ0) is 20.2. The maximum absolute atomic E-state index is 13.1. The number of thioether (sulfide) groups is 1. The molecule has 1 fully saturated rings. The summed E-state index contributed by atoms with van der Waals surface area (Å²) >= 11 is 1.68. The van der Waals surface area contributed by atoms with Gasteiger partial charge in [0.15, 0.2) is 11.0 Å². The van der Waals surface area contributed by atoms with Crippen molar-refractivity contribution in [2.24, 2.45) is 7.05 Å². The Morgan fingerprint density at radius 3 is 2.55 bits per heavy atom. The van der Waals surface area contributed by atoms with Crippen molar-refractivity contribution in [1.29, 1.82) is 0 Å². The number of benzene rings is 2. The lowest BCUT2D eigenvalue weighted by molar-refractivity contribution is 0.0727. The van der Waals surface area contributed by atoms with Crippen LogP contribution in [0.3, 0.4) is 0 Å². The summed E-state index contributed by atoms with van der Waals surface area (Å²) in [5, 5.41) is 9.75. The first-order valence-electron chi connectivity index (χ1n) is 10.1. The molecule has 0 N–H and O–H groups in total. The molecule has 1 aliphatic heterocycles. The first-order valence-corrected chi connectivity index (χ1v) is 11.1. The Morgan fingerprint density at radius 1 is 1.07 bits per heavy atom. The first-order chi connectivity index (χ1) is 14.2. The zero-order valence-electron chi connectivity index (χ0n) is 16.9. The fourth-order valence-electron chi connectivity index (χ4n) is 3.79. The van der Waals surface area contributed by atoms with Crippen LogP contribution >= 0.6 is 11.8 Å². The molecule has 4 rings (SSSR count). The lowest BCUT2D eigenvalue weighted by Crippen LogP contribution is -2.31. The van der Waals surface area contributed by atoms with Gasteiger partial charge in [0.1, 0.15) is 0 Å². The second-order valence-electron chi connectivity index (χ2n) is 7.38. The normalized spacial score (nSPS) is 16.3. The monoisotopic (exact) mass is 406 g/mol. The number of carbonyl (C=O) groups is 1. The SMILES string of the molecule is CCc1ccc(C(=O)N2CCC[C@H]2c2nnc(SCc3ccccc3)n2C)cc1. The van der Waals surface area contributed by atoms with Crippen LogP contribution in [-0.2, 0) is 19.2 Å². The Balaban J connectivity index is 1.49. The van der Waals surface area contributed by atoms with Gasteiger partial charge in [0, 0.05) is 24.9 Å². The minimum absolute atomic E-state index is 0.0167. The van der Waals surface area contributed by atoms with E-state index in [1.807, 2.05) is 59.0 Å². The molecule has 1 atom stereocenters. The van der Waals surface area contributed by atoms with Gasteiger partial charge in [-0.2, -0.15) is 0 Å². The summed E-state index contributed by atoms with van der Waals surface area (Å²) < 4.78 is 2.05. The maximum Gasteiger partial charge on any atom is 0.254 e. The molecule has 0 spiro atoms. The predicted octanol–water partition coefficient (Wildman–Crippen LogP) is 4.65. The van der Waals surface area contributed by atoms with Gasteiger partial charge in [-0.3, -0.25) is 4.79 Å². The highest BCUT2D eigenvalue weighted by atomic mass is 32.2. The van der Waals surface area contributed by atoms with E-state index in [0.29, 0.717) is 0 Å². The van der Waals surface area contributed by atoms with Crippen LogP contribution < -0.4 is 0 Å². The summed E-state index contributed by atoms with van der Waals surface area (Å²) in [6.07, 6.45) is 2.89. The van der Waals surface area contributed by atoms with Crippen molar-refractivity contribution in [3.8, 4) is 0 Å². The van der Waals surface area contributed by atoms with Gasteiger partial charge in [0.2, 0.25) is 0 Å². The van der Waals surface area contributed by atoms with Crippen molar-refractivity contribution in [2.45, 2.75) is 43.1 Å². The molecule has 150 valence electrons. The molecule has 1 saturated heterocycles. The van der Waals surface area contributed by atoms with Gasteiger partial charge in [-0.25, -0.2) is 0 Å². The Kier molecular flexibility index (Phi) is 6.00. The van der Waals surface area contributed by atoms with E-state index in [1.165, 1.54) is 11.1 Å². The van der Waals surface area contributed by atoms with Gasteiger partial charge >= 0.3 is 0 Å². The Bertz CT molecular complexity index is 968. The Hall–Kier alpha value is -2.60. The number of amides is 1. The molecule has 5 nitrogen and oxygen atoms in total. The molecule has 1 aromatic heterocycles. The summed E-state index contributed by atoms with van der Waals surface area (Å²) in [6.45, 7) is 2.88. The average Bonchev–Trinajstić information content (AvgIpc) is 3.39. The van der Waals surface area contributed by atoms with Crippen molar-refractivity contribution in [2.75, 3.05) is 6.54 Å². The molecule has 3 aromatic rings. The molecular weight excluding hydrogens is 380 g/mol. The lowest BCUT2D eigenvalue weighted by atomic mass is 10.1. The highest BCUT2D eigenvalue weighted by Gasteiger charge is 2.34. The zero-order valence-corrected chi connectivity index (χ0v) is 17.7. The number of aromatic nitrogens is 3. The highest BCUT2D eigenvalue weighted by molar-refractivity contribution is 7.98. The summed E-state index contributed by atoms with van der Waals surface area (Å²) in [6, 6.07) is 18.3. The third-order valence-electron chi connectivity index (χ3n) is 5.50. The predicted molar refractivity (Wildman–Crippen MR) is 116 cm³/mol. The molecule has 0 bridgehead atoms. The van der Waals surface area contributed by atoms with Gasteiger partial charge in [-0.1, -0.05) is 61.2 Å². The smallest absolute Gasteiger partial charge is 0.254 e. The largest absolute Gasteiger partial charge is 0.328 e. The van der Waals surface area contributed by atoms with E-state index in [4.69, 9.17) is 0 Å². The fraction of sp³-hybridized carbons (Fsp3) is 0.348. The number of hydrogen-bond donors (Lipinski definition) is 0. The van der Waals surface area contributed by atoms with Gasteiger partial charge < -0.3 is 9.47 Å². The number of hydrogen-bond acceptors (Lipinski definition) is 4. The van der Waals surface area contributed by atoms with Crippen molar-refractivity contribution >= 4 is 17.7 Å². The number of rotatable bonds is 6. The van der Waals surface area contributed by atoms with E-state index in [2.05, 4.69) is 29.3 Å². The summed E-state index contributed by atoms with van der Waals surface area (Å²) in [4.78, 5) is 15.1. The minimum atomic E-state index is -0.0167. The number of nitrogens with zero attached hydrogens (tertiary/aromatic N) is 4. The summed E-state index contributed by atoms with van der Waals surface area (Å²) in [7, 11) is 2.00. The van der Waals surface area contributed by atoms with E-state index >= 15 is 0 Å². The standard InChI is InChI=1S/C23H26N4OS/c1-3-17-11-13-19(14-12-17)22(28)27-15-7-10-20(27)21-24-25-23(26(21)2)29-16-18-8-5-4-6-9-18/h4-6,8-9,11-14,20H,3,7,10,15-16H2,1-2H3/t20-/m0/s1. The summed E-state index contributed by atoms with van der Waals surface area (Å²) in [5.41, 5.74) is 3.25. The van der Waals surface area contributed by atoms with Crippen LogP contribution in [-0.4, -0.2) is 32.1 Å². The minimum Gasteiger partial charge on any atom is -0.328 e. The second kappa shape index (κ2) is 8.82. The third kappa shape index (κ3) is 4.22. The molecule has 0 aliphatic carbocycles. The van der Waals surface area contributed by atoms with Gasteiger partial charge in [-0.15, -0.1) is 10.2 Å². The van der Waals surface area contributed by atoms with Gasteiger partial charge in [-0.05, 0) is 42.5 Å². The number of aryl methyl sites for hydroxylation is 1. The van der Waals surface area contributed by atoms with Crippen molar-refractivity contribution in [3.05, 3.63) is 77.1 Å². The quantitative estimate of drug-likeness (QED) is 0.559. The molecule has 0 saturated carbocycles. The number of carbonyl (C=O) groups excluding carboxylic acids is 1. The van der Waals surface area contributed by atoms with Crippen molar-refractivity contribution in [3.63, 3.8) is 0 Å². The molecule has 0 unspecified atom stereocenters. The molecule has 1 amide bonds. The molecule has 2 aromatic carbocycles.